The van der Waals surface area contributed by atoms with Gasteiger partial charge in [-0.2, -0.15) is 0 Å². The monoisotopic (exact) mass is 329 g/mol. The third kappa shape index (κ3) is 5.03. The van der Waals surface area contributed by atoms with Gasteiger partial charge in [0, 0.05) is 19.2 Å². The van der Waals surface area contributed by atoms with Crippen molar-refractivity contribution in [3.8, 4) is 5.75 Å². The van der Waals surface area contributed by atoms with Crippen molar-refractivity contribution < 1.29 is 27.9 Å². The Morgan fingerprint density at radius 1 is 1.36 bits per heavy atom. The lowest BCUT2D eigenvalue weighted by Crippen LogP contribution is -2.29. The van der Waals surface area contributed by atoms with E-state index in [0.29, 0.717) is 0 Å². The highest BCUT2D eigenvalue weighted by atomic mass is 32.2. The highest BCUT2D eigenvalue weighted by molar-refractivity contribution is 7.90. The number of carbonyl (C=O) groups is 2. The number of amides is 1. The SMILES string of the molecule is COc1ccc(S(C)(=O)=O)cc1C(=O)NCC(C)CC(=O)O. The molecule has 0 aliphatic carbocycles. The minimum absolute atomic E-state index is 0.0111. The maximum atomic E-state index is 12.2. The Balaban J connectivity index is 2.94. The minimum Gasteiger partial charge on any atom is -0.496 e. The van der Waals surface area contributed by atoms with E-state index in [-0.39, 0.29) is 35.1 Å². The molecule has 1 aromatic rings. The second-order valence-corrected chi connectivity index (χ2v) is 7.06. The van der Waals surface area contributed by atoms with Crippen LogP contribution in [0.15, 0.2) is 23.1 Å². The maximum Gasteiger partial charge on any atom is 0.303 e. The van der Waals surface area contributed by atoms with E-state index in [1.807, 2.05) is 0 Å². The number of aliphatic carboxylic acids is 1. The molecule has 122 valence electrons. The highest BCUT2D eigenvalue weighted by Crippen LogP contribution is 2.22. The number of hydrogen-bond acceptors (Lipinski definition) is 5. The van der Waals surface area contributed by atoms with Crippen LogP contribution in [0.5, 0.6) is 5.75 Å². The first-order chi connectivity index (χ1) is 10.1. The molecule has 0 aliphatic heterocycles. The number of carbonyl (C=O) groups excluding carboxylic acids is 1. The fraction of sp³-hybridized carbons (Fsp3) is 0.429. The van der Waals surface area contributed by atoms with Gasteiger partial charge in [-0.1, -0.05) is 6.92 Å². The normalized spacial score (nSPS) is 12.5. The zero-order valence-corrected chi connectivity index (χ0v) is 13.4. The molecule has 1 aromatic carbocycles. The van der Waals surface area contributed by atoms with Crippen molar-refractivity contribution in [2.45, 2.75) is 18.2 Å². The van der Waals surface area contributed by atoms with Gasteiger partial charge in [0.25, 0.3) is 5.91 Å². The third-order valence-electron chi connectivity index (χ3n) is 2.98. The molecule has 0 spiro atoms. The van der Waals surface area contributed by atoms with Crippen molar-refractivity contribution in [1.82, 2.24) is 5.32 Å². The van der Waals surface area contributed by atoms with Crippen LogP contribution in [0.4, 0.5) is 0 Å². The second-order valence-electron chi connectivity index (χ2n) is 5.05. The van der Waals surface area contributed by atoms with Crippen LogP contribution < -0.4 is 10.1 Å². The average molecular weight is 329 g/mol. The van der Waals surface area contributed by atoms with Gasteiger partial charge in [0.05, 0.1) is 17.6 Å². The largest absolute Gasteiger partial charge is 0.496 e. The Labute approximate surface area is 129 Å². The quantitative estimate of drug-likeness (QED) is 0.770. The molecular formula is C14H19NO6S. The first-order valence-electron chi connectivity index (χ1n) is 6.53. The minimum atomic E-state index is -3.44. The molecule has 8 heteroatoms. The van der Waals surface area contributed by atoms with Gasteiger partial charge in [-0.15, -0.1) is 0 Å². The van der Waals surface area contributed by atoms with E-state index < -0.39 is 21.7 Å². The van der Waals surface area contributed by atoms with E-state index in [0.717, 1.165) is 6.26 Å². The molecule has 0 radical (unpaired) electrons. The van der Waals surface area contributed by atoms with Crippen LogP contribution in [-0.4, -0.2) is 45.3 Å². The van der Waals surface area contributed by atoms with Crippen molar-refractivity contribution in [3.05, 3.63) is 23.8 Å². The summed E-state index contributed by atoms with van der Waals surface area (Å²) in [5.74, 6) is -1.46. The third-order valence-corrected chi connectivity index (χ3v) is 4.09. The molecule has 0 saturated heterocycles. The average Bonchev–Trinajstić information content (AvgIpc) is 2.42. The lowest BCUT2D eigenvalue weighted by Gasteiger charge is -2.13. The fourth-order valence-electron chi connectivity index (χ4n) is 1.83. The summed E-state index contributed by atoms with van der Waals surface area (Å²) >= 11 is 0. The Kier molecular flexibility index (Phi) is 5.92. The second kappa shape index (κ2) is 7.26. The molecule has 0 fully saturated rings. The highest BCUT2D eigenvalue weighted by Gasteiger charge is 2.18. The van der Waals surface area contributed by atoms with Crippen LogP contribution in [0.25, 0.3) is 0 Å². The van der Waals surface area contributed by atoms with Crippen molar-refractivity contribution in [1.29, 1.82) is 0 Å². The summed E-state index contributed by atoms with van der Waals surface area (Å²) in [7, 11) is -2.07. The zero-order chi connectivity index (χ0) is 16.9. The molecule has 22 heavy (non-hydrogen) atoms. The first-order valence-corrected chi connectivity index (χ1v) is 8.42. The van der Waals surface area contributed by atoms with Crippen molar-refractivity contribution in [2.24, 2.45) is 5.92 Å². The molecule has 1 unspecified atom stereocenters. The summed E-state index contributed by atoms with van der Waals surface area (Å²) in [4.78, 5) is 22.8. The van der Waals surface area contributed by atoms with Gasteiger partial charge in [-0.3, -0.25) is 9.59 Å². The van der Waals surface area contributed by atoms with Gasteiger partial charge in [-0.05, 0) is 24.1 Å². The van der Waals surface area contributed by atoms with Crippen LogP contribution in [0.3, 0.4) is 0 Å². The fourth-order valence-corrected chi connectivity index (χ4v) is 2.47. The summed E-state index contributed by atoms with van der Waals surface area (Å²) in [6.45, 7) is 1.86. The topological polar surface area (TPSA) is 110 Å². The maximum absolute atomic E-state index is 12.2. The molecular weight excluding hydrogens is 310 g/mol. The van der Waals surface area contributed by atoms with Gasteiger partial charge < -0.3 is 15.2 Å². The molecule has 0 aromatic heterocycles. The summed E-state index contributed by atoms with van der Waals surface area (Å²) in [6.07, 6.45) is 0.978. The number of methoxy groups -OCH3 is 1. The van der Waals surface area contributed by atoms with Crippen molar-refractivity contribution in [3.63, 3.8) is 0 Å². The zero-order valence-electron chi connectivity index (χ0n) is 12.6. The van der Waals surface area contributed by atoms with Gasteiger partial charge in [0.15, 0.2) is 9.84 Å². The van der Waals surface area contributed by atoms with Gasteiger partial charge in [-0.25, -0.2) is 8.42 Å². The smallest absolute Gasteiger partial charge is 0.303 e. The molecule has 0 aliphatic rings. The number of nitrogens with one attached hydrogen (secondary N) is 1. The lowest BCUT2D eigenvalue weighted by atomic mass is 10.1. The standard InChI is InChI=1S/C14H19NO6S/c1-9(6-13(16)17)8-15-14(18)11-7-10(22(3,19)20)4-5-12(11)21-2/h4-5,7,9H,6,8H2,1-3H3,(H,15,18)(H,16,17). The lowest BCUT2D eigenvalue weighted by molar-refractivity contribution is -0.137. The van der Waals surface area contributed by atoms with Crippen LogP contribution in [0, 0.1) is 5.92 Å². The van der Waals surface area contributed by atoms with E-state index in [1.165, 1.54) is 25.3 Å². The van der Waals surface area contributed by atoms with E-state index in [4.69, 9.17) is 9.84 Å². The van der Waals surface area contributed by atoms with Gasteiger partial charge in [0.2, 0.25) is 0 Å². The van der Waals surface area contributed by atoms with Gasteiger partial charge >= 0.3 is 5.97 Å². The van der Waals surface area contributed by atoms with Crippen molar-refractivity contribution >= 4 is 21.7 Å². The predicted octanol–water partition coefficient (Wildman–Crippen LogP) is 0.939. The van der Waals surface area contributed by atoms with Crippen LogP contribution in [-0.2, 0) is 14.6 Å². The van der Waals surface area contributed by atoms with Crippen molar-refractivity contribution in [2.75, 3.05) is 19.9 Å². The number of carboxylic acids is 1. The van der Waals surface area contributed by atoms with E-state index in [1.54, 1.807) is 6.92 Å². The van der Waals surface area contributed by atoms with E-state index in [9.17, 15) is 18.0 Å². The molecule has 7 nitrogen and oxygen atoms in total. The molecule has 1 atom stereocenters. The molecule has 1 rings (SSSR count). The number of hydrogen-bond donors (Lipinski definition) is 2. The molecule has 1 amide bonds. The predicted molar refractivity (Wildman–Crippen MR) is 79.9 cm³/mol. The Morgan fingerprint density at radius 2 is 2.00 bits per heavy atom. The Hall–Kier alpha value is -2.09. The van der Waals surface area contributed by atoms with Crippen LogP contribution in [0.2, 0.25) is 0 Å². The number of rotatable bonds is 7. The van der Waals surface area contributed by atoms with Gasteiger partial charge in [0.1, 0.15) is 5.75 Å². The van der Waals surface area contributed by atoms with Crippen LogP contribution in [0.1, 0.15) is 23.7 Å². The number of sulfone groups is 1. The Morgan fingerprint density at radius 3 is 2.50 bits per heavy atom. The summed E-state index contributed by atoms with van der Waals surface area (Å²) in [5, 5.41) is 11.3. The number of carboxylic acid groups (broad SMARTS) is 1. The van der Waals surface area contributed by atoms with E-state index >= 15 is 0 Å². The molecule has 2 N–H and O–H groups in total. The van der Waals surface area contributed by atoms with E-state index in [2.05, 4.69) is 5.32 Å². The number of benzene rings is 1. The first kappa shape index (κ1) is 18.0. The number of ether oxygens (including phenoxy) is 1. The summed E-state index contributed by atoms with van der Waals surface area (Å²) in [6, 6.07) is 4.01. The molecule has 0 bridgehead atoms. The summed E-state index contributed by atoms with van der Waals surface area (Å²) in [5.41, 5.74) is 0.0907. The van der Waals surface area contributed by atoms with Crippen LogP contribution >= 0.6 is 0 Å². The molecule has 0 heterocycles. The molecule has 0 saturated carbocycles. The summed E-state index contributed by atoms with van der Waals surface area (Å²) < 4.78 is 28.2. The Bertz CT molecular complexity index is 668.